The standard InChI is InChI=1S/C13H16N2O3S/c1-4-17-9-5-6-10-11(7-9)19-12(14-10)15-13(16)18-8(2)3/h5-8H,4H2,1-3H3,(H,14,15,16). The van der Waals surface area contributed by atoms with E-state index in [4.69, 9.17) is 9.47 Å². The maximum absolute atomic E-state index is 11.5. The minimum atomic E-state index is -0.487. The van der Waals surface area contributed by atoms with Gasteiger partial charge in [-0.25, -0.2) is 9.78 Å². The van der Waals surface area contributed by atoms with Crippen molar-refractivity contribution in [2.45, 2.75) is 26.9 Å². The molecule has 0 saturated carbocycles. The van der Waals surface area contributed by atoms with Crippen LogP contribution in [0, 0.1) is 0 Å². The molecule has 2 aromatic rings. The highest BCUT2D eigenvalue weighted by Gasteiger charge is 2.10. The van der Waals surface area contributed by atoms with Gasteiger partial charge in [-0.3, -0.25) is 5.32 Å². The molecule has 5 nitrogen and oxygen atoms in total. The number of hydrogen-bond donors (Lipinski definition) is 1. The fourth-order valence-electron chi connectivity index (χ4n) is 1.55. The molecular formula is C13H16N2O3S. The number of hydrogen-bond acceptors (Lipinski definition) is 5. The predicted molar refractivity (Wildman–Crippen MR) is 76.0 cm³/mol. The second kappa shape index (κ2) is 5.88. The molecule has 6 heteroatoms. The topological polar surface area (TPSA) is 60.5 Å². The molecule has 1 N–H and O–H groups in total. The van der Waals surface area contributed by atoms with Crippen LogP contribution in [-0.2, 0) is 4.74 Å². The van der Waals surface area contributed by atoms with Crippen molar-refractivity contribution in [3.8, 4) is 5.75 Å². The van der Waals surface area contributed by atoms with Crippen molar-refractivity contribution in [2.75, 3.05) is 11.9 Å². The fourth-order valence-corrected chi connectivity index (χ4v) is 2.43. The number of thiazole rings is 1. The van der Waals surface area contributed by atoms with E-state index in [1.54, 1.807) is 13.8 Å². The molecule has 102 valence electrons. The molecule has 0 unspecified atom stereocenters. The Hall–Kier alpha value is -1.82. The lowest BCUT2D eigenvalue weighted by Gasteiger charge is -2.06. The molecule has 0 saturated heterocycles. The number of nitrogens with one attached hydrogen (secondary N) is 1. The first-order chi connectivity index (χ1) is 9.08. The van der Waals surface area contributed by atoms with E-state index < -0.39 is 6.09 Å². The Morgan fingerprint density at radius 2 is 2.26 bits per heavy atom. The summed E-state index contributed by atoms with van der Waals surface area (Å²) >= 11 is 1.39. The van der Waals surface area contributed by atoms with Crippen molar-refractivity contribution in [3.05, 3.63) is 18.2 Å². The number of ether oxygens (including phenoxy) is 2. The number of nitrogens with zero attached hydrogens (tertiary/aromatic N) is 1. The Morgan fingerprint density at radius 3 is 2.95 bits per heavy atom. The molecule has 19 heavy (non-hydrogen) atoms. The predicted octanol–water partition coefficient (Wildman–Crippen LogP) is 3.65. The van der Waals surface area contributed by atoms with Gasteiger partial charge in [-0.1, -0.05) is 11.3 Å². The average Bonchev–Trinajstić information content (AvgIpc) is 2.69. The van der Waals surface area contributed by atoms with Gasteiger partial charge in [-0.2, -0.15) is 0 Å². The number of rotatable bonds is 4. The second-order valence-electron chi connectivity index (χ2n) is 4.16. The molecule has 1 amide bonds. The molecule has 1 heterocycles. The monoisotopic (exact) mass is 280 g/mol. The third kappa shape index (κ3) is 3.57. The molecule has 0 spiro atoms. The number of amides is 1. The summed E-state index contributed by atoms with van der Waals surface area (Å²) < 4.78 is 11.4. The Morgan fingerprint density at radius 1 is 1.47 bits per heavy atom. The van der Waals surface area contributed by atoms with Crippen molar-refractivity contribution in [3.63, 3.8) is 0 Å². The second-order valence-corrected chi connectivity index (χ2v) is 5.19. The number of carbonyl (C=O) groups is 1. The van der Waals surface area contributed by atoms with Crippen LogP contribution >= 0.6 is 11.3 Å². The van der Waals surface area contributed by atoms with Crippen molar-refractivity contribution in [1.82, 2.24) is 4.98 Å². The summed E-state index contributed by atoms with van der Waals surface area (Å²) in [6.07, 6.45) is -0.641. The Kier molecular flexibility index (Phi) is 4.21. The Balaban J connectivity index is 2.14. The third-order valence-electron chi connectivity index (χ3n) is 2.22. The number of aromatic nitrogens is 1. The van der Waals surface area contributed by atoms with Crippen LogP contribution in [0.4, 0.5) is 9.93 Å². The SMILES string of the molecule is CCOc1ccc2nc(NC(=O)OC(C)C)sc2c1. The number of carbonyl (C=O) groups excluding carboxylic acids is 1. The highest BCUT2D eigenvalue weighted by molar-refractivity contribution is 7.22. The van der Waals surface area contributed by atoms with Crippen LogP contribution in [0.3, 0.4) is 0 Å². The maximum Gasteiger partial charge on any atom is 0.413 e. The van der Waals surface area contributed by atoms with E-state index in [9.17, 15) is 4.79 Å². The van der Waals surface area contributed by atoms with Crippen LogP contribution < -0.4 is 10.1 Å². The minimum Gasteiger partial charge on any atom is -0.494 e. The van der Waals surface area contributed by atoms with Crippen LogP contribution in [0.15, 0.2) is 18.2 Å². The van der Waals surface area contributed by atoms with Crippen LogP contribution in [0.5, 0.6) is 5.75 Å². The molecular weight excluding hydrogens is 264 g/mol. The summed E-state index contributed by atoms with van der Waals surface area (Å²) in [5, 5.41) is 3.14. The molecule has 1 aromatic carbocycles. The summed E-state index contributed by atoms with van der Waals surface area (Å²) in [7, 11) is 0. The van der Waals surface area contributed by atoms with Gasteiger partial charge in [0.25, 0.3) is 0 Å². The zero-order chi connectivity index (χ0) is 13.8. The third-order valence-corrected chi connectivity index (χ3v) is 3.16. The summed E-state index contributed by atoms with van der Waals surface area (Å²) in [5.74, 6) is 0.801. The van der Waals surface area contributed by atoms with Gasteiger partial charge < -0.3 is 9.47 Å². The van der Waals surface area contributed by atoms with Crippen LogP contribution in [0.1, 0.15) is 20.8 Å². The smallest absolute Gasteiger partial charge is 0.413 e. The van der Waals surface area contributed by atoms with Gasteiger partial charge in [-0.05, 0) is 39.0 Å². The summed E-state index contributed by atoms with van der Waals surface area (Å²) in [4.78, 5) is 15.8. The number of benzene rings is 1. The summed E-state index contributed by atoms with van der Waals surface area (Å²) in [6.45, 7) is 6.15. The molecule has 0 aliphatic rings. The Bertz CT molecular complexity index is 580. The molecule has 1 aromatic heterocycles. The normalized spacial score (nSPS) is 10.7. The van der Waals surface area contributed by atoms with Crippen LogP contribution in [-0.4, -0.2) is 23.8 Å². The van der Waals surface area contributed by atoms with E-state index >= 15 is 0 Å². The minimum absolute atomic E-state index is 0.154. The van der Waals surface area contributed by atoms with Gasteiger partial charge >= 0.3 is 6.09 Å². The van der Waals surface area contributed by atoms with E-state index in [0.29, 0.717) is 11.7 Å². The maximum atomic E-state index is 11.5. The lowest BCUT2D eigenvalue weighted by Crippen LogP contribution is -2.17. The summed E-state index contributed by atoms with van der Waals surface area (Å²) in [5.41, 5.74) is 0.827. The summed E-state index contributed by atoms with van der Waals surface area (Å²) in [6, 6.07) is 5.65. The first-order valence-electron chi connectivity index (χ1n) is 6.09. The molecule has 0 radical (unpaired) electrons. The van der Waals surface area contributed by atoms with Gasteiger partial charge in [0.2, 0.25) is 0 Å². The van der Waals surface area contributed by atoms with Crippen LogP contribution in [0.2, 0.25) is 0 Å². The molecule has 0 atom stereocenters. The highest BCUT2D eigenvalue weighted by atomic mass is 32.1. The quantitative estimate of drug-likeness (QED) is 0.928. The molecule has 2 rings (SSSR count). The molecule has 0 aliphatic carbocycles. The highest BCUT2D eigenvalue weighted by Crippen LogP contribution is 2.29. The van der Waals surface area contributed by atoms with Gasteiger partial charge in [-0.15, -0.1) is 0 Å². The first-order valence-corrected chi connectivity index (χ1v) is 6.91. The number of fused-ring (bicyclic) bond motifs is 1. The first kappa shape index (κ1) is 13.6. The van der Waals surface area contributed by atoms with Gasteiger partial charge in [0.05, 0.1) is 22.9 Å². The van der Waals surface area contributed by atoms with E-state index in [-0.39, 0.29) is 6.10 Å². The number of anilines is 1. The zero-order valence-corrected chi connectivity index (χ0v) is 11.9. The van der Waals surface area contributed by atoms with Crippen molar-refractivity contribution < 1.29 is 14.3 Å². The molecule has 0 bridgehead atoms. The van der Waals surface area contributed by atoms with E-state index in [0.717, 1.165) is 16.0 Å². The lowest BCUT2D eigenvalue weighted by atomic mass is 10.3. The Labute approximate surface area is 115 Å². The van der Waals surface area contributed by atoms with E-state index in [1.165, 1.54) is 11.3 Å². The van der Waals surface area contributed by atoms with E-state index in [2.05, 4.69) is 10.3 Å². The zero-order valence-electron chi connectivity index (χ0n) is 11.1. The van der Waals surface area contributed by atoms with Crippen molar-refractivity contribution in [2.24, 2.45) is 0 Å². The molecule has 0 fully saturated rings. The lowest BCUT2D eigenvalue weighted by molar-refractivity contribution is 0.130. The van der Waals surface area contributed by atoms with Crippen molar-refractivity contribution >= 4 is 32.8 Å². The van der Waals surface area contributed by atoms with Gasteiger partial charge in [0.15, 0.2) is 5.13 Å². The van der Waals surface area contributed by atoms with Gasteiger partial charge in [0, 0.05) is 0 Å². The fraction of sp³-hybridized carbons (Fsp3) is 0.385. The van der Waals surface area contributed by atoms with Gasteiger partial charge in [0.1, 0.15) is 5.75 Å². The average molecular weight is 280 g/mol. The largest absolute Gasteiger partial charge is 0.494 e. The molecule has 0 aliphatic heterocycles. The van der Waals surface area contributed by atoms with Crippen molar-refractivity contribution in [1.29, 1.82) is 0 Å². The van der Waals surface area contributed by atoms with Crippen LogP contribution in [0.25, 0.3) is 10.2 Å². The van der Waals surface area contributed by atoms with E-state index in [1.807, 2.05) is 25.1 Å².